The van der Waals surface area contributed by atoms with Crippen LogP contribution in [0.5, 0.6) is 0 Å². The second kappa shape index (κ2) is 9.16. The van der Waals surface area contributed by atoms with Gasteiger partial charge in [0.05, 0.1) is 16.6 Å². The summed E-state index contributed by atoms with van der Waals surface area (Å²) in [6, 6.07) is 15.1. The lowest BCUT2D eigenvalue weighted by Crippen LogP contribution is -2.47. The lowest BCUT2D eigenvalue weighted by Gasteiger charge is -2.37. The second-order valence-electron chi connectivity index (χ2n) is 8.92. The molecule has 0 bridgehead atoms. The number of carbonyl (C=O) groups excluding carboxylic acids is 1. The number of likely N-dealkylation sites (tertiary alicyclic amines) is 1. The van der Waals surface area contributed by atoms with Gasteiger partial charge in [0.1, 0.15) is 5.82 Å². The molecule has 0 unspecified atom stereocenters. The van der Waals surface area contributed by atoms with Gasteiger partial charge < -0.3 is 14.7 Å². The van der Waals surface area contributed by atoms with Crippen molar-refractivity contribution >= 4 is 28.3 Å². The van der Waals surface area contributed by atoms with Crippen LogP contribution in [0.25, 0.3) is 10.9 Å². The van der Waals surface area contributed by atoms with E-state index in [0.29, 0.717) is 37.4 Å². The minimum absolute atomic E-state index is 0.0437. The van der Waals surface area contributed by atoms with E-state index in [9.17, 15) is 18.0 Å². The molecular weight excluding hydrogens is 441 g/mol. The summed E-state index contributed by atoms with van der Waals surface area (Å²) in [5, 5.41) is 0.851. The minimum Gasteiger partial charge on any atom is -0.368 e. The molecule has 2 fully saturated rings. The Labute approximate surface area is 196 Å². The number of halogens is 3. The van der Waals surface area contributed by atoms with Gasteiger partial charge in [0.2, 0.25) is 0 Å². The fourth-order valence-corrected chi connectivity index (χ4v) is 4.84. The molecule has 2 saturated heterocycles. The van der Waals surface area contributed by atoms with Crippen molar-refractivity contribution < 1.29 is 18.0 Å². The zero-order valence-corrected chi connectivity index (χ0v) is 18.9. The molecule has 8 heteroatoms. The van der Waals surface area contributed by atoms with E-state index in [2.05, 4.69) is 4.90 Å². The van der Waals surface area contributed by atoms with Gasteiger partial charge in [-0.15, -0.1) is 0 Å². The van der Waals surface area contributed by atoms with Gasteiger partial charge in [-0.05, 0) is 49.6 Å². The second-order valence-corrected chi connectivity index (χ2v) is 8.92. The zero-order valence-electron chi connectivity index (χ0n) is 18.9. The number of piperazine rings is 1. The van der Waals surface area contributed by atoms with Crippen LogP contribution in [0.4, 0.5) is 24.7 Å². The highest BCUT2D eigenvalue weighted by atomic mass is 19.4. The van der Waals surface area contributed by atoms with Crippen LogP contribution in [0.15, 0.2) is 54.6 Å². The first-order valence-corrected chi connectivity index (χ1v) is 11.8. The number of amides is 1. The number of hydrogen-bond donors (Lipinski definition) is 0. The van der Waals surface area contributed by atoms with Crippen LogP contribution in [-0.2, 0) is 6.18 Å². The molecule has 0 atom stereocenters. The van der Waals surface area contributed by atoms with E-state index in [1.54, 1.807) is 6.07 Å². The van der Waals surface area contributed by atoms with Gasteiger partial charge in [0.15, 0.2) is 0 Å². The summed E-state index contributed by atoms with van der Waals surface area (Å²) in [5.74, 6) is 0.782. The van der Waals surface area contributed by atoms with Gasteiger partial charge >= 0.3 is 6.18 Å². The molecule has 178 valence electrons. The van der Waals surface area contributed by atoms with Crippen molar-refractivity contribution in [3.63, 3.8) is 0 Å². The number of pyridine rings is 1. The van der Waals surface area contributed by atoms with E-state index in [-0.39, 0.29) is 5.91 Å². The van der Waals surface area contributed by atoms with E-state index in [0.717, 1.165) is 55.1 Å². The Bertz CT molecular complexity index is 1180. The van der Waals surface area contributed by atoms with Gasteiger partial charge in [0.25, 0.3) is 5.91 Å². The van der Waals surface area contributed by atoms with Crippen LogP contribution in [-0.4, -0.2) is 55.1 Å². The molecule has 0 spiro atoms. The molecule has 1 aromatic heterocycles. The number of fused-ring (bicyclic) bond motifs is 1. The third-order valence-corrected chi connectivity index (χ3v) is 6.72. The number of nitrogens with zero attached hydrogens (tertiary/aromatic N) is 4. The van der Waals surface area contributed by atoms with Crippen molar-refractivity contribution in [2.75, 3.05) is 49.1 Å². The number of hydrogen-bond acceptors (Lipinski definition) is 4. The molecule has 5 rings (SSSR count). The summed E-state index contributed by atoms with van der Waals surface area (Å²) in [6.45, 7) is 3.93. The third-order valence-electron chi connectivity index (χ3n) is 6.72. The molecule has 0 saturated carbocycles. The van der Waals surface area contributed by atoms with E-state index in [1.807, 2.05) is 40.1 Å². The molecule has 0 N–H and O–H groups in total. The maximum atomic E-state index is 13.4. The number of carbonyl (C=O) groups is 1. The molecule has 2 aliphatic rings. The Morgan fingerprint density at radius 3 is 2.24 bits per heavy atom. The van der Waals surface area contributed by atoms with Crippen molar-refractivity contribution in [2.24, 2.45) is 0 Å². The number of aromatic nitrogens is 1. The summed E-state index contributed by atoms with van der Waals surface area (Å²) < 4.78 is 39.4. The summed E-state index contributed by atoms with van der Waals surface area (Å²) in [5.41, 5.74) is 1.38. The molecule has 2 aromatic carbocycles. The predicted octanol–water partition coefficient (Wildman–Crippen LogP) is 5.21. The molecule has 34 heavy (non-hydrogen) atoms. The standard InChI is InChI=1S/C26H27F3N4O/c27-26(28,29)19-7-6-8-20(17-19)31-13-15-32(16-14-31)24-18-22(21-9-2-3-10-23(21)30-24)25(34)33-11-4-1-5-12-33/h2-3,6-10,17-18H,1,4-5,11-16H2. The predicted molar refractivity (Wildman–Crippen MR) is 127 cm³/mol. The number of para-hydroxylation sites is 1. The highest BCUT2D eigenvalue weighted by Crippen LogP contribution is 2.32. The van der Waals surface area contributed by atoms with Gasteiger partial charge in [-0.1, -0.05) is 24.3 Å². The first-order chi connectivity index (χ1) is 16.4. The van der Waals surface area contributed by atoms with Crippen molar-refractivity contribution in [1.82, 2.24) is 9.88 Å². The molecule has 0 radical (unpaired) electrons. The van der Waals surface area contributed by atoms with Crippen LogP contribution >= 0.6 is 0 Å². The molecule has 5 nitrogen and oxygen atoms in total. The Morgan fingerprint density at radius 2 is 1.50 bits per heavy atom. The minimum atomic E-state index is -4.36. The highest BCUT2D eigenvalue weighted by Gasteiger charge is 2.31. The van der Waals surface area contributed by atoms with Crippen LogP contribution in [0, 0.1) is 0 Å². The van der Waals surface area contributed by atoms with Crippen LogP contribution in [0.1, 0.15) is 35.2 Å². The maximum Gasteiger partial charge on any atom is 0.416 e. The molecule has 1 amide bonds. The van der Waals surface area contributed by atoms with Crippen LogP contribution in [0.2, 0.25) is 0 Å². The van der Waals surface area contributed by atoms with Gasteiger partial charge in [-0.3, -0.25) is 4.79 Å². The largest absolute Gasteiger partial charge is 0.416 e. The van der Waals surface area contributed by atoms with Gasteiger partial charge in [0, 0.05) is 50.3 Å². The number of anilines is 2. The first kappa shape index (κ1) is 22.5. The summed E-state index contributed by atoms with van der Waals surface area (Å²) in [6.07, 6.45) is -1.15. The summed E-state index contributed by atoms with van der Waals surface area (Å²) in [7, 11) is 0. The van der Waals surface area contributed by atoms with E-state index in [4.69, 9.17) is 4.98 Å². The van der Waals surface area contributed by atoms with E-state index >= 15 is 0 Å². The van der Waals surface area contributed by atoms with E-state index < -0.39 is 11.7 Å². The fourth-order valence-electron chi connectivity index (χ4n) is 4.84. The number of benzene rings is 2. The molecular formula is C26H27F3N4O. The lowest BCUT2D eigenvalue weighted by molar-refractivity contribution is -0.137. The normalized spacial score (nSPS) is 17.3. The van der Waals surface area contributed by atoms with Gasteiger partial charge in [-0.25, -0.2) is 4.98 Å². The quantitative estimate of drug-likeness (QED) is 0.529. The number of alkyl halides is 3. The van der Waals surface area contributed by atoms with Crippen molar-refractivity contribution in [2.45, 2.75) is 25.4 Å². The van der Waals surface area contributed by atoms with Gasteiger partial charge in [-0.2, -0.15) is 13.2 Å². The highest BCUT2D eigenvalue weighted by molar-refractivity contribution is 6.07. The Balaban J connectivity index is 1.38. The SMILES string of the molecule is O=C(c1cc(N2CCN(c3cccc(C(F)(F)F)c3)CC2)nc2ccccc12)N1CCCCC1. The van der Waals surface area contributed by atoms with Crippen molar-refractivity contribution in [3.05, 3.63) is 65.7 Å². The molecule has 3 aromatic rings. The number of rotatable bonds is 3. The third kappa shape index (κ3) is 4.54. The summed E-state index contributed by atoms with van der Waals surface area (Å²) in [4.78, 5) is 24.2. The fraction of sp³-hybridized carbons (Fsp3) is 0.385. The molecule has 2 aliphatic heterocycles. The average molecular weight is 469 g/mol. The first-order valence-electron chi connectivity index (χ1n) is 11.8. The zero-order chi connectivity index (χ0) is 23.7. The summed E-state index contributed by atoms with van der Waals surface area (Å²) >= 11 is 0. The Hall–Kier alpha value is -3.29. The van der Waals surface area contributed by atoms with Crippen LogP contribution < -0.4 is 9.80 Å². The van der Waals surface area contributed by atoms with Crippen LogP contribution in [0.3, 0.4) is 0 Å². The van der Waals surface area contributed by atoms with Crippen molar-refractivity contribution in [1.29, 1.82) is 0 Å². The number of piperidine rings is 1. The molecule has 3 heterocycles. The average Bonchev–Trinajstić information content (AvgIpc) is 2.88. The maximum absolute atomic E-state index is 13.4. The topological polar surface area (TPSA) is 39.7 Å². The monoisotopic (exact) mass is 468 g/mol. The van der Waals surface area contributed by atoms with E-state index in [1.165, 1.54) is 12.1 Å². The lowest BCUT2D eigenvalue weighted by atomic mass is 10.0. The molecule has 0 aliphatic carbocycles. The Kier molecular flexibility index (Phi) is 6.06. The smallest absolute Gasteiger partial charge is 0.368 e. The van der Waals surface area contributed by atoms with Crippen molar-refractivity contribution in [3.8, 4) is 0 Å². The Morgan fingerprint density at radius 1 is 0.794 bits per heavy atom.